The summed E-state index contributed by atoms with van der Waals surface area (Å²) in [4.78, 5) is 24.3. The molecular weight excluding hydrogens is 451 g/mol. The lowest BCUT2D eigenvalue weighted by molar-refractivity contribution is -0.136. The van der Waals surface area contributed by atoms with Crippen LogP contribution in [-0.2, 0) is 0 Å². The molecule has 0 aromatic carbocycles. The minimum atomic E-state index is -4.30. The van der Waals surface area contributed by atoms with Crippen molar-refractivity contribution in [2.24, 2.45) is 0 Å². The maximum absolute atomic E-state index is 12.7. The lowest BCUT2D eigenvalue weighted by atomic mass is 9.85. The molecule has 1 aliphatic carbocycles. The second-order valence-electron chi connectivity index (χ2n) is 8.61. The van der Waals surface area contributed by atoms with Gasteiger partial charge in [-0.3, -0.25) is 4.79 Å². The largest absolute Gasteiger partial charge is 0.393 e. The Bertz CT molecular complexity index is 1160. The standard InChI is InChI=1S/C22H26F3N7O2/c1-12(8-22(23,24)25)30-21-29-11-18-16(14-9-27-19(28-10-14)20(34)26-2)7-17(32(18)31-21)13-3-5-15(33)6-4-13/h7,9-13,15,33H,3-6,8H2,1-2H3,(H,26,34)(H,30,31)/t12-,13-,15-/m0/s1. The highest BCUT2D eigenvalue weighted by Crippen LogP contribution is 2.37. The maximum atomic E-state index is 12.7. The molecule has 1 fully saturated rings. The van der Waals surface area contributed by atoms with Crippen LogP contribution in [0.2, 0.25) is 0 Å². The molecule has 3 N–H and O–H groups in total. The number of aliphatic hydroxyl groups excluding tert-OH is 1. The Hall–Kier alpha value is -3.28. The number of aliphatic hydroxyl groups is 1. The van der Waals surface area contributed by atoms with Gasteiger partial charge in [0, 0.05) is 48.2 Å². The summed E-state index contributed by atoms with van der Waals surface area (Å²) in [5.74, 6) is -0.153. The molecule has 1 saturated carbocycles. The first-order valence-corrected chi connectivity index (χ1v) is 11.1. The summed E-state index contributed by atoms with van der Waals surface area (Å²) in [5.41, 5.74) is 2.93. The van der Waals surface area contributed by atoms with E-state index in [1.807, 2.05) is 6.07 Å². The zero-order valence-electron chi connectivity index (χ0n) is 18.8. The minimum absolute atomic E-state index is 0.0395. The number of halogens is 3. The summed E-state index contributed by atoms with van der Waals surface area (Å²) in [7, 11) is 1.49. The number of fused-ring (bicyclic) bond motifs is 1. The van der Waals surface area contributed by atoms with Crippen molar-refractivity contribution in [3.05, 3.63) is 36.2 Å². The third-order valence-corrected chi connectivity index (χ3v) is 5.97. The van der Waals surface area contributed by atoms with Crippen LogP contribution < -0.4 is 10.6 Å². The summed E-state index contributed by atoms with van der Waals surface area (Å²) >= 11 is 0. The lowest BCUT2D eigenvalue weighted by Crippen LogP contribution is -2.25. The van der Waals surface area contributed by atoms with Gasteiger partial charge in [0.05, 0.1) is 24.2 Å². The van der Waals surface area contributed by atoms with Crippen molar-refractivity contribution in [3.8, 4) is 11.1 Å². The monoisotopic (exact) mass is 477 g/mol. The number of nitrogens with one attached hydrogen (secondary N) is 2. The number of carbonyl (C=O) groups excluding carboxylic acids is 1. The molecule has 1 atom stereocenters. The van der Waals surface area contributed by atoms with Gasteiger partial charge in [-0.15, -0.1) is 5.10 Å². The third kappa shape index (κ3) is 5.27. The summed E-state index contributed by atoms with van der Waals surface area (Å²) in [6.07, 6.45) is 1.84. The molecular formula is C22H26F3N7O2. The lowest BCUT2D eigenvalue weighted by Gasteiger charge is -2.25. The van der Waals surface area contributed by atoms with E-state index in [1.54, 1.807) is 23.1 Å². The van der Waals surface area contributed by atoms with Crippen molar-refractivity contribution in [2.45, 2.75) is 63.3 Å². The van der Waals surface area contributed by atoms with Crippen LogP contribution in [0.15, 0.2) is 24.7 Å². The van der Waals surface area contributed by atoms with Gasteiger partial charge < -0.3 is 15.7 Å². The Balaban J connectivity index is 1.72. The first-order chi connectivity index (χ1) is 16.1. The second kappa shape index (κ2) is 9.53. The highest BCUT2D eigenvalue weighted by Gasteiger charge is 2.30. The van der Waals surface area contributed by atoms with Crippen LogP contribution in [0.3, 0.4) is 0 Å². The molecule has 3 aromatic heterocycles. The molecule has 0 unspecified atom stereocenters. The summed E-state index contributed by atoms with van der Waals surface area (Å²) < 4.78 is 39.9. The van der Waals surface area contributed by atoms with Crippen molar-refractivity contribution in [1.82, 2.24) is 29.9 Å². The van der Waals surface area contributed by atoms with E-state index in [2.05, 4.69) is 30.7 Å². The van der Waals surface area contributed by atoms with E-state index in [4.69, 9.17) is 0 Å². The van der Waals surface area contributed by atoms with Crippen LogP contribution >= 0.6 is 0 Å². The van der Waals surface area contributed by atoms with E-state index in [-0.39, 0.29) is 23.8 Å². The fourth-order valence-electron chi connectivity index (χ4n) is 4.29. The zero-order chi connectivity index (χ0) is 24.5. The quantitative estimate of drug-likeness (QED) is 0.499. The highest BCUT2D eigenvalue weighted by molar-refractivity contribution is 5.90. The van der Waals surface area contributed by atoms with Gasteiger partial charge >= 0.3 is 6.18 Å². The zero-order valence-corrected chi connectivity index (χ0v) is 18.8. The van der Waals surface area contributed by atoms with Crippen LogP contribution in [0, 0.1) is 0 Å². The smallest absolute Gasteiger partial charge is 0.391 e. The number of nitrogens with zero attached hydrogens (tertiary/aromatic N) is 5. The fraction of sp³-hybridized carbons (Fsp3) is 0.500. The molecule has 0 saturated heterocycles. The molecule has 1 aliphatic rings. The van der Waals surface area contributed by atoms with E-state index in [9.17, 15) is 23.1 Å². The molecule has 9 nitrogen and oxygen atoms in total. The van der Waals surface area contributed by atoms with E-state index in [0.29, 0.717) is 23.9 Å². The predicted octanol–water partition coefficient (Wildman–Crippen LogP) is 3.32. The van der Waals surface area contributed by atoms with Gasteiger partial charge in [0.15, 0.2) is 0 Å². The number of anilines is 1. The van der Waals surface area contributed by atoms with E-state index in [1.165, 1.54) is 14.0 Å². The van der Waals surface area contributed by atoms with Gasteiger partial charge in [-0.05, 0) is 38.7 Å². The van der Waals surface area contributed by atoms with Crippen LogP contribution in [0.5, 0.6) is 0 Å². The average Bonchev–Trinajstić information content (AvgIpc) is 3.16. The van der Waals surface area contributed by atoms with Gasteiger partial charge in [-0.1, -0.05) is 0 Å². The average molecular weight is 477 g/mol. The van der Waals surface area contributed by atoms with Crippen molar-refractivity contribution >= 4 is 17.4 Å². The molecule has 12 heteroatoms. The molecule has 1 amide bonds. The van der Waals surface area contributed by atoms with Gasteiger partial charge in [-0.2, -0.15) is 13.2 Å². The van der Waals surface area contributed by atoms with Crippen molar-refractivity contribution in [2.75, 3.05) is 12.4 Å². The Morgan fingerprint density at radius 2 is 1.85 bits per heavy atom. The number of alkyl halides is 3. The summed E-state index contributed by atoms with van der Waals surface area (Å²) in [6, 6.07) is 1.06. The van der Waals surface area contributed by atoms with E-state index < -0.39 is 24.5 Å². The van der Waals surface area contributed by atoms with Crippen LogP contribution in [0.4, 0.5) is 19.1 Å². The SMILES string of the molecule is CNC(=O)c1ncc(-c2cc([C@H]3CC[C@H](O)CC3)n3nc(N[C@@H](C)CC(F)(F)F)ncc23)cn1. The molecule has 3 heterocycles. The first kappa shape index (κ1) is 23.9. The molecule has 0 bridgehead atoms. The van der Waals surface area contributed by atoms with Crippen molar-refractivity contribution in [3.63, 3.8) is 0 Å². The molecule has 0 aliphatic heterocycles. The Morgan fingerprint density at radius 3 is 2.47 bits per heavy atom. The van der Waals surface area contributed by atoms with Crippen LogP contribution in [0.25, 0.3) is 16.6 Å². The normalized spacial score (nSPS) is 19.7. The number of hydrogen-bond acceptors (Lipinski definition) is 7. The third-order valence-electron chi connectivity index (χ3n) is 5.97. The Morgan fingerprint density at radius 1 is 1.18 bits per heavy atom. The van der Waals surface area contributed by atoms with Crippen LogP contribution in [-0.4, -0.2) is 60.9 Å². The van der Waals surface area contributed by atoms with E-state index >= 15 is 0 Å². The number of aromatic nitrogens is 5. The Labute approximate surface area is 193 Å². The highest BCUT2D eigenvalue weighted by atomic mass is 19.4. The van der Waals surface area contributed by atoms with Crippen LogP contribution in [0.1, 0.15) is 61.3 Å². The summed E-state index contributed by atoms with van der Waals surface area (Å²) in [6.45, 7) is 1.43. The number of rotatable bonds is 6. The first-order valence-electron chi connectivity index (χ1n) is 11.1. The topological polar surface area (TPSA) is 117 Å². The number of hydrogen-bond donors (Lipinski definition) is 3. The van der Waals surface area contributed by atoms with Crippen molar-refractivity contribution in [1.29, 1.82) is 0 Å². The van der Waals surface area contributed by atoms with E-state index in [0.717, 1.165) is 24.1 Å². The molecule has 34 heavy (non-hydrogen) atoms. The van der Waals surface area contributed by atoms with Crippen molar-refractivity contribution < 1.29 is 23.1 Å². The molecule has 0 spiro atoms. The second-order valence-corrected chi connectivity index (χ2v) is 8.61. The minimum Gasteiger partial charge on any atom is -0.393 e. The summed E-state index contributed by atoms with van der Waals surface area (Å²) in [5, 5.41) is 19.6. The number of amides is 1. The number of carbonyl (C=O) groups is 1. The Kier molecular flexibility index (Phi) is 6.69. The molecule has 4 rings (SSSR count). The predicted molar refractivity (Wildman–Crippen MR) is 118 cm³/mol. The molecule has 182 valence electrons. The van der Waals surface area contributed by atoms with Gasteiger partial charge in [-0.25, -0.2) is 19.5 Å². The molecule has 3 aromatic rings. The van der Waals surface area contributed by atoms with Gasteiger partial charge in [0.1, 0.15) is 0 Å². The molecule has 0 radical (unpaired) electrons. The fourth-order valence-corrected chi connectivity index (χ4v) is 4.29. The maximum Gasteiger partial charge on any atom is 0.391 e. The van der Waals surface area contributed by atoms with Gasteiger partial charge in [0.25, 0.3) is 5.91 Å². The van der Waals surface area contributed by atoms with Gasteiger partial charge in [0.2, 0.25) is 11.8 Å².